The lowest BCUT2D eigenvalue weighted by Gasteiger charge is -2.05. The molecule has 0 radical (unpaired) electrons. The molecule has 0 saturated carbocycles. The van der Waals surface area contributed by atoms with Gasteiger partial charge >= 0.3 is 0 Å². The zero-order chi connectivity index (χ0) is 10.8. The number of aromatic hydroxyl groups is 1. The van der Waals surface area contributed by atoms with Crippen molar-refractivity contribution in [2.24, 2.45) is 0 Å². The molecule has 2 aromatic rings. The zero-order valence-electron chi connectivity index (χ0n) is 8.44. The molecule has 3 N–H and O–H groups in total. The van der Waals surface area contributed by atoms with Gasteiger partial charge in [-0.1, -0.05) is 12.1 Å². The van der Waals surface area contributed by atoms with Gasteiger partial charge in [0.05, 0.1) is 0 Å². The van der Waals surface area contributed by atoms with Crippen LogP contribution in [-0.4, -0.2) is 10.1 Å². The van der Waals surface area contributed by atoms with Crippen molar-refractivity contribution in [3.8, 4) is 17.0 Å². The van der Waals surface area contributed by atoms with Gasteiger partial charge in [0.2, 0.25) is 0 Å². The van der Waals surface area contributed by atoms with E-state index in [4.69, 9.17) is 5.73 Å². The number of hydrogen-bond acceptors (Lipinski definition) is 3. The molecule has 1 aromatic heterocycles. The van der Waals surface area contributed by atoms with E-state index in [1.54, 1.807) is 18.3 Å². The summed E-state index contributed by atoms with van der Waals surface area (Å²) in [5.74, 6) is 0.167. The number of nitrogens with zero attached hydrogens (tertiary/aromatic N) is 1. The summed E-state index contributed by atoms with van der Waals surface area (Å²) < 4.78 is 0. The first-order chi connectivity index (χ1) is 7.18. The van der Waals surface area contributed by atoms with Gasteiger partial charge in [-0.2, -0.15) is 0 Å². The molecule has 15 heavy (non-hydrogen) atoms. The number of pyridine rings is 1. The zero-order valence-corrected chi connectivity index (χ0v) is 8.44. The molecule has 3 nitrogen and oxygen atoms in total. The minimum atomic E-state index is 0.167. The second-order valence-corrected chi connectivity index (χ2v) is 3.44. The van der Waals surface area contributed by atoms with Crippen molar-refractivity contribution in [2.45, 2.75) is 6.92 Å². The van der Waals surface area contributed by atoms with E-state index in [-0.39, 0.29) is 5.75 Å². The second kappa shape index (κ2) is 3.61. The van der Waals surface area contributed by atoms with E-state index in [1.165, 1.54) is 0 Å². The lowest BCUT2D eigenvalue weighted by molar-refractivity contribution is 0.475. The average Bonchev–Trinajstić information content (AvgIpc) is 2.23. The molecule has 1 aromatic carbocycles. The molecule has 0 aliphatic heterocycles. The molecule has 0 saturated heterocycles. The number of nitrogen functional groups attached to an aromatic ring is 1. The van der Waals surface area contributed by atoms with Gasteiger partial charge in [-0.15, -0.1) is 0 Å². The number of rotatable bonds is 1. The van der Waals surface area contributed by atoms with Crippen LogP contribution in [0, 0.1) is 6.92 Å². The normalized spacial score (nSPS) is 10.2. The van der Waals surface area contributed by atoms with Crippen LogP contribution in [0.1, 0.15) is 5.56 Å². The highest BCUT2D eigenvalue weighted by atomic mass is 16.3. The fourth-order valence-corrected chi connectivity index (χ4v) is 1.41. The maximum Gasteiger partial charge on any atom is 0.141 e. The number of hydrogen-bond donors (Lipinski definition) is 2. The summed E-state index contributed by atoms with van der Waals surface area (Å²) >= 11 is 0. The molecule has 0 bridgehead atoms. The fourth-order valence-electron chi connectivity index (χ4n) is 1.41. The Hall–Kier alpha value is -2.03. The first kappa shape index (κ1) is 9.52. The molecule has 0 unspecified atom stereocenters. The molecule has 0 atom stereocenters. The molecule has 3 heteroatoms. The fraction of sp³-hybridized carbons (Fsp3) is 0.0833. The third-order valence-electron chi connectivity index (χ3n) is 2.34. The van der Waals surface area contributed by atoms with Gasteiger partial charge in [-0.05, 0) is 30.7 Å². The van der Waals surface area contributed by atoms with E-state index in [0.29, 0.717) is 11.4 Å². The molecule has 0 amide bonds. The third-order valence-corrected chi connectivity index (χ3v) is 2.34. The van der Waals surface area contributed by atoms with E-state index >= 15 is 0 Å². The minimum Gasteiger partial charge on any atom is -0.506 e. The summed E-state index contributed by atoms with van der Waals surface area (Å²) in [6.07, 6.45) is 1.64. The van der Waals surface area contributed by atoms with Crippen LogP contribution in [0.4, 0.5) is 5.69 Å². The van der Waals surface area contributed by atoms with Gasteiger partial charge in [-0.25, -0.2) is 0 Å². The SMILES string of the molecule is Cc1ccc(-c2ncccc2O)cc1N. The van der Waals surface area contributed by atoms with Crippen LogP contribution in [0.15, 0.2) is 36.5 Å². The Morgan fingerprint density at radius 2 is 2.07 bits per heavy atom. The molecule has 0 spiro atoms. The highest BCUT2D eigenvalue weighted by Crippen LogP contribution is 2.28. The van der Waals surface area contributed by atoms with Crippen molar-refractivity contribution in [3.63, 3.8) is 0 Å². The summed E-state index contributed by atoms with van der Waals surface area (Å²) in [6, 6.07) is 8.93. The lowest BCUT2D eigenvalue weighted by Crippen LogP contribution is -1.91. The molecular weight excluding hydrogens is 188 g/mol. The van der Waals surface area contributed by atoms with Gasteiger partial charge in [0.15, 0.2) is 0 Å². The van der Waals surface area contributed by atoms with Crippen molar-refractivity contribution >= 4 is 5.69 Å². The number of nitrogens with two attached hydrogens (primary N) is 1. The topological polar surface area (TPSA) is 59.1 Å². The predicted molar refractivity (Wildman–Crippen MR) is 60.5 cm³/mol. The van der Waals surface area contributed by atoms with Crippen LogP contribution < -0.4 is 5.73 Å². The largest absolute Gasteiger partial charge is 0.506 e. The Kier molecular flexibility index (Phi) is 2.29. The maximum atomic E-state index is 9.62. The summed E-state index contributed by atoms with van der Waals surface area (Å²) in [5, 5.41) is 9.62. The summed E-state index contributed by atoms with van der Waals surface area (Å²) in [6.45, 7) is 1.94. The molecule has 0 fully saturated rings. The quantitative estimate of drug-likeness (QED) is 0.694. The molecule has 1 heterocycles. The number of aryl methyl sites for hydroxylation is 1. The second-order valence-electron chi connectivity index (χ2n) is 3.44. The van der Waals surface area contributed by atoms with Crippen LogP contribution in [0.25, 0.3) is 11.3 Å². The predicted octanol–water partition coefficient (Wildman–Crippen LogP) is 2.34. The Morgan fingerprint density at radius 3 is 2.73 bits per heavy atom. The molecule has 2 rings (SSSR count). The van der Waals surface area contributed by atoms with Gasteiger partial charge in [0.25, 0.3) is 0 Å². The highest BCUT2D eigenvalue weighted by Gasteiger charge is 2.05. The van der Waals surface area contributed by atoms with Gasteiger partial charge in [0, 0.05) is 17.4 Å². The Labute approximate surface area is 88.2 Å². The first-order valence-corrected chi connectivity index (χ1v) is 4.69. The molecular formula is C12H12N2O. The lowest BCUT2D eigenvalue weighted by atomic mass is 10.1. The average molecular weight is 200 g/mol. The van der Waals surface area contributed by atoms with Gasteiger partial charge in [0.1, 0.15) is 11.4 Å². The highest BCUT2D eigenvalue weighted by molar-refractivity contribution is 5.70. The van der Waals surface area contributed by atoms with E-state index in [2.05, 4.69) is 4.98 Å². The van der Waals surface area contributed by atoms with Crippen molar-refractivity contribution in [1.82, 2.24) is 4.98 Å². The summed E-state index contributed by atoms with van der Waals surface area (Å²) in [5.41, 5.74) is 8.92. The van der Waals surface area contributed by atoms with Crippen molar-refractivity contribution in [3.05, 3.63) is 42.1 Å². The first-order valence-electron chi connectivity index (χ1n) is 4.69. The van der Waals surface area contributed by atoms with Crippen LogP contribution >= 0.6 is 0 Å². The van der Waals surface area contributed by atoms with Gasteiger partial charge < -0.3 is 10.8 Å². The summed E-state index contributed by atoms with van der Waals surface area (Å²) in [7, 11) is 0. The van der Waals surface area contributed by atoms with Gasteiger partial charge in [-0.3, -0.25) is 4.98 Å². The number of aromatic nitrogens is 1. The Bertz CT molecular complexity index is 495. The minimum absolute atomic E-state index is 0.167. The van der Waals surface area contributed by atoms with Crippen molar-refractivity contribution in [1.29, 1.82) is 0 Å². The molecule has 0 aliphatic carbocycles. The Morgan fingerprint density at radius 1 is 1.27 bits per heavy atom. The number of anilines is 1. The van der Waals surface area contributed by atoms with Crippen LogP contribution in [0.3, 0.4) is 0 Å². The van der Waals surface area contributed by atoms with Crippen LogP contribution in [0.2, 0.25) is 0 Å². The van der Waals surface area contributed by atoms with Crippen LogP contribution in [-0.2, 0) is 0 Å². The number of benzene rings is 1. The smallest absolute Gasteiger partial charge is 0.141 e. The monoisotopic (exact) mass is 200 g/mol. The maximum absolute atomic E-state index is 9.62. The van der Waals surface area contributed by atoms with E-state index in [9.17, 15) is 5.11 Å². The van der Waals surface area contributed by atoms with E-state index in [1.807, 2.05) is 25.1 Å². The van der Waals surface area contributed by atoms with Crippen LogP contribution in [0.5, 0.6) is 5.75 Å². The van der Waals surface area contributed by atoms with E-state index < -0.39 is 0 Å². The standard InChI is InChI=1S/C12H12N2O/c1-8-4-5-9(7-10(8)13)12-11(15)3-2-6-14-12/h2-7,15H,13H2,1H3. The molecule has 76 valence electrons. The molecule has 0 aliphatic rings. The Balaban J connectivity index is 2.55. The van der Waals surface area contributed by atoms with E-state index in [0.717, 1.165) is 11.1 Å². The van der Waals surface area contributed by atoms with Crippen molar-refractivity contribution < 1.29 is 5.11 Å². The third kappa shape index (κ3) is 1.76. The summed E-state index contributed by atoms with van der Waals surface area (Å²) in [4.78, 5) is 4.11. The van der Waals surface area contributed by atoms with Crippen molar-refractivity contribution in [2.75, 3.05) is 5.73 Å².